The number of hydrogen-bond donors (Lipinski definition) is 0. The third-order valence-corrected chi connectivity index (χ3v) is 5.90. The number of hydrogen-bond acceptors (Lipinski definition) is 4. The Morgan fingerprint density at radius 1 is 0.735 bits per heavy atom. The van der Waals surface area contributed by atoms with Crippen LogP contribution in [0.1, 0.15) is 22.6 Å². The first-order valence-corrected chi connectivity index (χ1v) is 11.2. The molecule has 0 unspecified atom stereocenters. The van der Waals surface area contributed by atoms with Crippen molar-refractivity contribution in [3.63, 3.8) is 0 Å². The van der Waals surface area contributed by atoms with E-state index in [-0.39, 0.29) is 5.92 Å². The molecule has 4 heteroatoms. The number of fused-ring (bicyclic) bond motifs is 1. The van der Waals surface area contributed by atoms with E-state index in [2.05, 4.69) is 30.3 Å². The van der Waals surface area contributed by atoms with Gasteiger partial charge in [0.05, 0.1) is 19.9 Å². The summed E-state index contributed by atoms with van der Waals surface area (Å²) in [6, 6.07) is 34.4. The fourth-order valence-electron chi connectivity index (χ4n) is 4.28. The second-order valence-electron chi connectivity index (χ2n) is 7.93. The van der Waals surface area contributed by atoms with E-state index >= 15 is 0 Å². The topological polar surface area (TPSA) is 40.0 Å². The highest BCUT2D eigenvalue weighted by atomic mass is 16.5. The quantitative estimate of drug-likeness (QED) is 0.298. The van der Waals surface area contributed by atoms with E-state index in [1.54, 1.807) is 14.2 Å². The highest BCUT2D eigenvalue weighted by molar-refractivity contribution is 5.95. The average molecular weight is 448 g/mol. The van der Waals surface area contributed by atoms with E-state index in [9.17, 15) is 0 Å². The first-order valence-electron chi connectivity index (χ1n) is 11.2. The molecule has 0 radical (unpaired) electrons. The number of methoxy groups -OCH3 is 2. The number of rotatable bonds is 6. The van der Waals surface area contributed by atoms with Gasteiger partial charge in [-0.1, -0.05) is 66.7 Å². The van der Waals surface area contributed by atoms with Crippen LogP contribution in [0.3, 0.4) is 0 Å². The molecule has 0 amide bonds. The van der Waals surface area contributed by atoms with Crippen LogP contribution in [0.15, 0.2) is 114 Å². The largest absolute Gasteiger partial charge is 0.493 e. The maximum atomic E-state index is 6.54. The molecule has 34 heavy (non-hydrogen) atoms. The summed E-state index contributed by atoms with van der Waals surface area (Å²) in [7, 11) is 3.27. The molecule has 4 aromatic carbocycles. The van der Waals surface area contributed by atoms with E-state index in [4.69, 9.17) is 19.2 Å². The molecule has 1 atom stereocenters. The summed E-state index contributed by atoms with van der Waals surface area (Å²) in [6.45, 7) is 0. The second-order valence-corrected chi connectivity index (χ2v) is 7.93. The average Bonchev–Trinajstić information content (AvgIpc) is 2.91. The van der Waals surface area contributed by atoms with Gasteiger partial charge in [-0.2, -0.15) is 0 Å². The van der Waals surface area contributed by atoms with Crippen LogP contribution in [0.5, 0.6) is 17.2 Å². The molecule has 0 saturated carbocycles. The molecular formula is C30H25NO3. The number of benzene rings is 4. The first-order chi connectivity index (χ1) is 16.8. The Morgan fingerprint density at radius 2 is 1.41 bits per heavy atom. The van der Waals surface area contributed by atoms with Crippen molar-refractivity contribution in [2.24, 2.45) is 4.99 Å². The van der Waals surface area contributed by atoms with Crippen molar-refractivity contribution in [1.82, 2.24) is 0 Å². The molecule has 0 aliphatic carbocycles. The van der Waals surface area contributed by atoms with Gasteiger partial charge in [0.2, 0.25) is 0 Å². The molecule has 0 saturated heterocycles. The zero-order valence-corrected chi connectivity index (χ0v) is 19.1. The Bertz CT molecular complexity index is 1340. The second kappa shape index (κ2) is 9.67. The van der Waals surface area contributed by atoms with Gasteiger partial charge in [0.15, 0.2) is 11.5 Å². The maximum Gasteiger partial charge on any atom is 0.161 e. The molecule has 1 heterocycles. The fourth-order valence-corrected chi connectivity index (χ4v) is 4.28. The van der Waals surface area contributed by atoms with Crippen LogP contribution in [-0.2, 0) is 0 Å². The van der Waals surface area contributed by atoms with Crippen LogP contribution in [-0.4, -0.2) is 20.4 Å². The third kappa shape index (κ3) is 4.18. The van der Waals surface area contributed by atoms with Crippen LogP contribution in [0, 0.1) is 0 Å². The number of ether oxygens (including phenoxy) is 3. The molecule has 0 bridgehead atoms. The Labute approximate surface area is 199 Å². The van der Waals surface area contributed by atoms with Gasteiger partial charge in [0.1, 0.15) is 11.5 Å². The predicted molar refractivity (Wildman–Crippen MR) is 136 cm³/mol. The number of aliphatic imine (C=N–C) groups is 1. The summed E-state index contributed by atoms with van der Waals surface area (Å²) >= 11 is 0. The highest BCUT2D eigenvalue weighted by Crippen LogP contribution is 2.46. The smallest absolute Gasteiger partial charge is 0.161 e. The Hall–Kier alpha value is -4.31. The van der Waals surface area contributed by atoms with E-state index in [0.29, 0.717) is 11.5 Å². The van der Waals surface area contributed by atoms with Crippen molar-refractivity contribution in [3.8, 4) is 17.2 Å². The summed E-state index contributed by atoms with van der Waals surface area (Å²) in [5.41, 5.74) is 5.02. The zero-order valence-electron chi connectivity index (χ0n) is 19.1. The molecule has 1 aliphatic rings. The third-order valence-electron chi connectivity index (χ3n) is 5.90. The predicted octanol–water partition coefficient (Wildman–Crippen LogP) is 7.04. The van der Waals surface area contributed by atoms with E-state index < -0.39 is 0 Å². The standard InChI is InChI=1S/C30H25NO3/c1-32-27-18-17-22(19-28(27)33-2)30-25(20-31-23-13-7-4-8-14-23)29(21-11-5-3-6-12-21)24-15-9-10-16-26(24)34-30/h3-20,29H,1-2H3/t29-/m0/s1. The summed E-state index contributed by atoms with van der Waals surface area (Å²) in [5.74, 6) is 2.85. The zero-order chi connectivity index (χ0) is 23.3. The van der Waals surface area contributed by atoms with E-state index in [0.717, 1.165) is 33.9 Å². The minimum absolute atomic E-state index is 0.0401. The number of para-hydroxylation sites is 2. The summed E-state index contributed by atoms with van der Waals surface area (Å²) in [5, 5.41) is 0. The van der Waals surface area contributed by atoms with Crippen molar-refractivity contribution in [2.45, 2.75) is 5.92 Å². The summed E-state index contributed by atoms with van der Waals surface area (Å²) in [4.78, 5) is 4.81. The van der Waals surface area contributed by atoms with Gasteiger partial charge in [-0.05, 0) is 42.0 Å². The number of allylic oxidation sites excluding steroid dienone is 1. The summed E-state index contributed by atoms with van der Waals surface area (Å²) in [6.07, 6.45) is 1.93. The van der Waals surface area contributed by atoms with E-state index in [1.807, 2.05) is 79.0 Å². The normalized spacial score (nSPS) is 15.1. The lowest BCUT2D eigenvalue weighted by Crippen LogP contribution is -2.17. The molecule has 1 aliphatic heterocycles. The Balaban J connectivity index is 1.74. The first kappa shape index (κ1) is 21.5. The van der Waals surface area contributed by atoms with Crippen molar-refractivity contribution in [3.05, 3.63) is 125 Å². The molecular weight excluding hydrogens is 422 g/mol. The lowest BCUT2D eigenvalue weighted by molar-refractivity contribution is 0.354. The van der Waals surface area contributed by atoms with Gasteiger partial charge < -0.3 is 14.2 Å². The van der Waals surface area contributed by atoms with E-state index in [1.165, 1.54) is 5.56 Å². The minimum atomic E-state index is -0.0401. The van der Waals surface area contributed by atoms with Gasteiger partial charge in [0, 0.05) is 28.8 Å². The van der Waals surface area contributed by atoms with Crippen molar-refractivity contribution in [2.75, 3.05) is 14.2 Å². The van der Waals surface area contributed by atoms with Crippen LogP contribution in [0.25, 0.3) is 5.76 Å². The molecule has 0 fully saturated rings. The molecule has 5 rings (SSSR count). The van der Waals surface area contributed by atoms with Crippen molar-refractivity contribution in [1.29, 1.82) is 0 Å². The van der Waals surface area contributed by atoms with Gasteiger partial charge in [0.25, 0.3) is 0 Å². The van der Waals surface area contributed by atoms with Gasteiger partial charge >= 0.3 is 0 Å². The van der Waals surface area contributed by atoms with Gasteiger partial charge in [-0.15, -0.1) is 0 Å². The summed E-state index contributed by atoms with van der Waals surface area (Å²) < 4.78 is 17.6. The van der Waals surface area contributed by atoms with Crippen LogP contribution < -0.4 is 14.2 Å². The molecule has 0 spiro atoms. The Kier molecular flexibility index (Phi) is 6.13. The SMILES string of the molecule is COc1ccc(C2=C(C=Nc3ccccc3)[C@@H](c3ccccc3)c3ccccc3O2)cc1OC. The molecule has 4 nitrogen and oxygen atoms in total. The fraction of sp³-hybridized carbons (Fsp3) is 0.100. The highest BCUT2D eigenvalue weighted by Gasteiger charge is 2.31. The number of nitrogens with zero attached hydrogens (tertiary/aromatic N) is 1. The van der Waals surface area contributed by atoms with Crippen LogP contribution >= 0.6 is 0 Å². The molecule has 0 N–H and O–H groups in total. The lowest BCUT2D eigenvalue weighted by atomic mass is 9.81. The minimum Gasteiger partial charge on any atom is -0.493 e. The lowest BCUT2D eigenvalue weighted by Gasteiger charge is -2.30. The molecule has 0 aromatic heterocycles. The Morgan fingerprint density at radius 3 is 2.15 bits per heavy atom. The van der Waals surface area contributed by atoms with Gasteiger partial charge in [-0.3, -0.25) is 4.99 Å². The van der Waals surface area contributed by atoms with Crippen LogP contribution in [0.2, 0.25) is 0 Å². The van der Waals surface area contributed by atoms with Crippen LogP contribution in [0.4, 0.5) is 5.69 Å². The molecule has 4 aromatic rings. The molecule has 168 valence electrons. The van der Waals surface area contributed by atoms with Crippen molar-refractivity contribution < 1.29 is 14.2 Å². The van der Waals surface area contributed by atoms with Crippen molar-refractivity contribution >= 4 is 17.7 Å². The maximum absolute atomic E-state index is 6.54. The monoisotopic (exact) mass is 447 g/mol. The van der Waals surface area contributed by atoms with Gasteiger partial charge in [-0.25, -0.2) is 0 Å².